The highest BCUT2D eigenvalue weighted by Crippen LogP contribution is 2.19. The predicted octanol–water partition coefficient (Wildman–Crippen LogP) is -0.456. The van der Waals surface area contributed by atoms with Gasteiger partial charge in [-0.1, -0.05) is 0 Å². The van der Waals surface area contributed by atoms with Crippen LogP contribution >= 0.6 is 0 Å². The van der Waals surface area contributed by atoms with Crippen molar-refractivity contribution >= 4 is 23.4 Å². The SMILES string of the molecule is CNC(=O)CN(C)c1ncc(C(=O)O)cc1N. The van der Waals surface area contributed by atoms with Crippen LogP contribution in [0, 0.1) is 0 Å². The second-order valence-electron chi connectivity index (χ2n) is 3.47. The van der Waals surface area contributed by atoms with E-state index in [-0.39, 0.29) is 23.7 Å². The normalized spacial score (nSPS) is 9.76. The van der Waals surface area contributed by atoms with Crippen molar-refractivity contribution in [2.75, 3.05) is 31.3 Å². The van der Waals surface area contributed by atoms with Crippen LogP contribution in [0.5, 0.6) is 0 Å². The van der Waals surface area contributed by atoms with E-state index in [1.54, 1.807) is 11.9 Å². The van der Waals surface area contributed by atoms with Crippen LogP contribution in [-0.4, -0.2) is 42.6 Å². The van der Waals surface area contributed by atoms with E-state index in [9.17, 15) is 9.59 Å². The highest BCUT2D eigenvalue weighted by molar-refractivity contribution is 5.89. The molecule has 92 valence electrons. The van der Waals surface area contributed by atoms with Crippen molar-refractivity contribution in [2.24, 2.45) is 0 Å². The molecule has 7 heteroatoms. The number of aromatic nitrogens is 1. The van der Waals surface area contributed by atoms with Crippen LogP contribution in [0.3, 0.4) is 0 Å². The number of anilines is 2. The monoisotopic (exact) mass is 238 g/mol. The van der Waals surface area contributed by atoms with Gasteiger partial charge in [0.25, 0.3) is 0 Å². The van der Waals surface area contributed by atoms with Crippen molar-refractivity contribution in [1.82, 2.24) is 10.3 Å². The molecule has 1 rings (SSSR count). The quantitative estimate of drug-likeness (QED) is 0.655. The van der Waals surface area contributed by atoms with Crippen molar-refractivity contribution in [3.05, 3.63) is 17.8 Å². The van der Waals surface area contributed by atoms with E-state index >= 15 is 0 Å². The molecule has 0 spiro atoms. The van der Waals surface area contributed by atoms with Crippen LogP contribution in [0.15, 0.2) is 12.3 Å². The van der Waals surface area contributed by atoms with Crippen LogP contribution in [0.2, 0.25) is 0 Å². The smallest absolute Gasteiger partial charge is 0.337 e. The number of hydrogen-bond acceptors (Lipinski definition) is 5. The Labute approximate surface area is 98.2 Å². The molecule has 0 bridgehead atoms. The van der Waals surface area contributed by atoms with Gasteiger partial charge in [0.2, 0.25) is 5.91 Å². The molecule has 0 saturated carbocycles. The molecule has 0 aliphatic rings. The lowest BCUT2D eigenvalue weighted by atomic mass is 10.2. The summed E-state index contributed by atoms with van der Waals surface area (Å²) in [5, 5.41) is 11.2. The number of nitrogens with two attached hydrogens (primary N) is 1. The summed E-state index contributed by atoms with van der Waals surface area (Å²) in [5.41, 5.74) is 5.91. The zero-order chi connectivity index (χ0) is 13.0. The number of nitrogen functional groups attached to an aromatic ring is 1. The Bertz CT molecular complexity index is 447. The molecule has 0 radical (unpaired) electrons. The van der Waals surface area contributed by atoms with Crippen LogP contribution < -0.4 is 16.0 Å². The summed E-state index contributed by atoms with van der Waals surface area (Å²) in [4.78, 5) is 27.3. The first-order chi connectivity index (χ1) is 7.95. The molecule has 0 aromatic carbocycles. The van der Waals surface area contributed by atoms with Gasteiger partial charge in [-0.25, -0.2) is 9.78 Å². The number of pyridine rings is 1. The number of nitrogens with zero attached hydrogens (tertiary/aromatic N) is 2. The molecule has 0 aliphatic heterocycles. The molecule has 1 heterocycles. The second-order valence-corrected chi connectivity index (χ2v) is 3.47. The van der Waals surface area contributed by atoms with E-state index in [1.165, 1.54) is 19.3 Å². The number of carbonyl (C=O) groups excluding carboxylic acids is 1. The van der Waals surface area contributed by atoms with E-state index < -0.39 is 5.97 Å². The van der Waals surface area contributed by atoms with E-state index in [1.807, 2.05) is 0 Å². The number of amides is 1. The van der Waals surface area contributed by atoms with Gasteiger partial charge in [0.1, 0.15) is 0 Å². The maximum atomic E-state index is 11.2. The average molecular weight is 238 g/mol. The largest absolute Gasteiger partial charge is 0.478 e. The number of likely N-dealkylation sites (N-methyl/N-ethyl adjacent to an activating group) is 2. The summed E-state index contributed by atoms with van der Waals surface area (Å²) < 4.78 is 0. The van der Waals surface area contributed by atoms with Gasteiger partial charge in [0, 0.05) is 20.3 Å². The third-order valence-corrected chi connectivity index (χ3v) is 2.16. The molecule has 1 amide bonds. The summed E-state index contributed by atoms with van der Waals surface area (Å²) in [6.45, 7) is 0.0973. The van der Waals surface area contributed by atoms with Crippen molar-refractivity contribution in [3.63, 3.8) is 0 Å². The van der Waals surface area contributed by atoms with Crippen LogP contribution in [0.1, 0.15) is 10.4 Å². The lowest BCUT2D eigenvalue weighted by Crippen LogP contribution is -2.33. The Morgan fingerprint density at radius 2 is 2.24 bits per heavy atom. The number of carboxylic acids is 1. The molecular formula is C10H14N4O3. The Hall–Kier alpha value is -2.31. The molecule has 17 heavy (non-hydrogen) atoms. The number of hydrogen-bond donors (Lipinski definition) is 3. The minimum absolute atomic E-state index is 0.0135. The fourth-order valence-corrected chi connectivity index (χ4v) is 1.28. The first-order valence-electron chi connectivity index (χ1n) is 4.86. The van der Waals surface area contributed by atoms with E-state index in [4.69, 9.17) is 10.8 Å². The number of nitrogens with one attached hydrogen (secondary N) is 1. The molecule has 0 aliphatic carbocycles. The zero-order valence-electron chi connectivity index (χ0n) is 9.60. The van der Waals surface area contributed by atoms with Gasteiger partial charge in [0.05, 0.1) is 17.8 Å². The lowest BCUT2D eigenvalue weighted by Gasteiger charge is -2.18. The molecule has 0 fully saturated rings. The first-order valence-corrected chi connectivity index (χ1v) is 4.86. The molecular weight excluding hydrogens is 224 g/mol. The maximum Gasteiger partial charge on any atom is 0.337 e. The van der Waals surface area contributed by atoms with Gasteiger partial charge in [-0.2, -0.15) is 0 Å². The van der Waals surface area contributed by atoms with Crippen LogP contribution in [0.25, 0.3) is 0 Å². The lowest BCUT2D eigenvalue weighted by molar-refractivity contribution is -0.119. The van der Waals surface area contributed by atoms with Crippen molar-refractivity contribution in [1.29, 1.82) is 0 Å². The maximum absolute atomic E-state index is 11.2. The standard InChI is InChI=1S/C10H14N4O3/c1-12-8(15)5-14(2)9-7(11)3-6(4-13-9)10(16)17/h3-4H,5,11H2,1-2H3,(H,12,15)(H,16,17). The number of rotatable bonds is 4. The van der Waals surface area contributed by atoms with E-state index in [0.717, 1.165) is 0 Å². The van der Waals surface area contributed by atoms with Crippen LogP contribution in [-0.2, 0) is 4.79 Å². The number of aromatic carboxylic acids is 1. The van der Waals surface area contributed by atoms with E-state index in [0.29, 0.717) is 5.82 Å². The van der Waals surface area contributed by atoms with Gasteiger partial charge in [-0.05, 0) is 6.07 Å². The van der Waals surface area contributed by atoms with Crippen molar-refractivity contribution in [3.8, 4) is 0 Å². The molecule has 0 unspecified atom stereocenters. The molecule has 1 aromatic heterocycles. The summed E-state index contributed by atoms with van der Waals surface area (Å²) in [5.74, 6) is -0.903. The minimum atomic E-state index is -1.09. The highest BCUT2D eigenvalue weighted by Gasteiger charge is 2.12. The summed E-state index contributed by atoms with van der Waals surface area (Å²) in [6.07, 6.45) is 1.20. The fraction of sp³-hybridized carbons (Fsp3) is 0.300. The molecule has 0 atom stereocenters. The van der Waals surface area contributed by atoms with Crippen molar-refractivity contribution < 1.29 is 14.7 Å². The molecule has 7 nitrogen and oxygen atoms in total. The number of carboxylic acid groups (broad SMARTS) is 1. The summed E-state index contributed by atoms with van der Waals surface area (Å²) in [7, 11) is 3.18. The van der Waals surface area contributed by atoms with Crippen LogP contribution in [0.4, 0.5) is 11.5 Å². The molecule has 4 N–H and O–H groups in total. The van der Waals surface area contributed by atoms with Gasteiger partial charge in [0.15, 0.2) is 5.82 Å². The van der Waals surface area contributed by atoms with Gasteiger partial charge in [-0.3, -0.25) is 4.79 Å². The summed E-state index contributed by atoms with van der Waals surface area (Å²) in [6, 6.07) is 1.31. The Kier molecular flexibility index (Phi) is 3.86. The van der Waals surface area contributed by atoms with Gasteiger partial charge >= 0.3 is 5.97 Å². The summed E-state index contributed by atoms with van der Waals surface area (Å²) >= 11 is 0. The zero-order valence-corrected chi connectivity index (χ0v) is 9.60. The average Bonchev–Trinajstić information content (AvgIpc) is 2.28. The number of carbonyl (C=O) groups is 2. The minimum Gasteiger partial charge on any atom is -0.478 e. The Morgan fingerprint density at radius 3 is 2.71 bits per heavy atom. The topological polar surface area (TPSA) is 109 Å². The third kappa shape index (κ3) is 3.07. The molecule has 1 aromatic rings. The first kappa shape index (κ1) is 12.8. The fourth-order valence-electron chi connectivity index (χ4n) is 1.28. The van der Waals surface area contributed by atoms with Gasteiger partial charge in [-0.15, -0.1) is 0 Å². The Morgan fingerprint density at radius 1 is 1.59 bits per heavy atom. The molecule has 0 saturated heterocycles. The predicted molar refractivity (Wildman–Crippen MR) is 62.9 cm³/mol. The third-order valence-electron chi connectivity index (χ3n) is 2.16. The highest BCUT2D eigenvalue weighted by atomic mass is 16.4. The second kappa shape index (κ2) is 5.15. The van der Waals surface area contributed by atoms with Gasteiger partial charge < -0.3 is 21.1 Å². The Balaban J connectivity index is 2.92. The van der Waals surface area contributed by atoms with Crippen molar-refractivity contribution in [2.45, 2.75) is 0 Å². The van der Waals surface area contributed by atoms with E-state index in [2.05, 4.69) is 10.3 Å².